The third-order valence-corrected chi connectivity index (χ3v) is 4.83. The first-order chi connectivity index (χ1) is 7.56. The van der Waals surface area contributed by atoms with Crippen LogP contribution in [0.5, 0.6) is 0 Å². The average molecular weight is 241 g/mol. The predicted molar refractivity (Wildman–Crippen MR) is 71.6 cm³/mol. The number of furan rings is 1. The standard InChI is InChI=1S/C13H23NOS/c1-5-11(14)13(12-7-6-8-15-12)16-10(4)9(2)3/h6-11,13H,5,14H2,1-4H3. The van der Waals surface area contributed by atoms with E-state index in [0.29, 0.717) is 11.2 Å². The molecular weight excluding hydrogens is 218 g/mol. The summed E-state index contributed by atoms with van der Waals surface area (Å²) in [5.41, 5.74) is 6.18. The molecule has 1 heterocycles. The van der Waals surface area contributed by atoms with Crippen molar-refractivity contribution in [1.29, 1.82) is 0 Å². The Labute approximate surface area is 103 Å². The van der Waals surface area contributed by atoms with Crippen LogP contribution in [0.15, 0.2) is 22.8 Å². The van der Waals surface area contributed by atoms with Crippen LogP contribution in [0.1, 0.15) is 45.1 Å². The number of rotatable bonds is 6. The molecule has 92 valence electrons. The van der Waals surface area contributed by atoms with Crippen molar-refractivity contribution in [3.8, 4) is 0 Å². The minimum Gasteiger partial charge on any atom is -0.468 e. The summed E-state index contributed by atoms with van der Waals surface area (Å²) in [6, 6.07) is 4.13. The fourth-order valence-electron chi connectivity index (χ4n) is 1.43. The van der Waals surface area contributed by atoms with Crippen molar-refractivity contribution < 1.29 is 4.42 Å². The van der Waals surface area contributed by atoms with Gasteiger partial charge in [0.05, 0.1) is 11.5 Å². The second-order valence-electron chi connectivity index (χ2n) is 4.59. The zero-order valence-electron chi connectivity index (χ0n) is 10.6. The van der Waals surface area contributed by atoms with Crippen LogP contribution in [0, 0.1) is 5.92 Å². The first kappa shape index (κ1) is 13.7. The molecule has 1 aromatic rings. The van der Waals surface area contributed by atoms with Crippen LogP contribution < -0.4 is 5.73 Å². The Kier molecular flexibility index (Phi) is 5.42. The van der Waals surface area contributed by atoms with Gasteiger partial charge in [-0.3, -0.25) is 0 Å². The van der Waals surface area contributed by atoms with Crippen molar-refractivity contribution in [3.63, 3.8) is 0 Å². The normalized spacial score (nSPS) is 17.4. The van der Waals surface area contributed by atoms with Crippen LogP contribution >= 0.6 is 11.8 Å². The van der Waals surface area contributed by atoms with Gasteiger partial charge in [0.25, 0.3) is 0 Å². The van der Waals surface area contributed by atoms with E-state index < -0.39 is 0 Å². The molecule has 0 radical (unpaired) electrons. The summed E-state index contributed by atoms with van der Waals surface area (Å²) < 4.78 is 5.50. The van der Waals surface area contributed by atoms with E-state index in [-0.39, 0.29) is 11.3 Å². The van der Waals surface area contributed by atoms with Gasteiger partial charge in [0.2, 0.25) is 0 Å². The van der Waals surface area contributed by atoms with E-state index in [1.807, 2.05) is 23.9 Å². The second-order valence-corrected chi connectivity index (χ2v) is 6.12. The maximum Gasteiger partial charge on any atom is 0.118 e. The molecule has 0 saturated carbocycles. The van der Waals surface area contributed by atoms with Gasteiger partial charge >= 0.3 is 0 Å². The molecule has 1 rings (SSSR count). The molecule has 0 fully saturated rings. The molecule has 3 unspecified atom stereocenters. The van der Waals surface area contributed by atoms with Crippen LogP contribution in [-0.2, 0) is 0 Å². The number of hydrogen-bond donors (Lipinski definition) is 1. The van der Waals surface area contributed by atoms with E-state index in [2.05, 4.69) is 27.7 Å². The number of hydrogen-bond acceptors (Lipinski definition) is 3. The lowest BCUT2D eigenvalue weighted by Crippen LogP contribution is -2.27. The molecule has 0 bridgehead atoms. The average Bonchev–Trinajstić information content (AvgIpc) is 2.77. The molecule has 0 aliphatic carbocycles. The van der Waals surface area contributed by atoms with Crippen LogP contribution in [0.3, 0.4) is 0 Å². The van der Waals surface area contributed by atoms with Gasteiger partial charge in [-0.05, 0) is 24.5 Å². The first-order valence-electron chi connectivity index (χ1n) is 6.00. The maximum atomic E-state index is 6.18. The maximum absolute atomic E-state index is 6.18. The van der Waals surface area contributed by atoms with Crippen molar-refractivity contribution in [1.82, 2.24) is 0 Å². The van der Waals surface area contributed by atoms with Gasteiger partial charge in [-0.2, -0.15) is 0 Å². The monoisotopic (exact) mass is 241 g/mol. The van der Waals surface area contributed by atoms with E-state index in [0.717, 1.165) is 12.2 Å². The van der Waals surface area contributed by atoms with Gasteiger partial charge < -0.3 is 10.2 Å². The molecule has 0 aliphatic heterocycles. The van der Waals surface area contributed by atoms with Crippen molar-refractivity contribution in [2.75, 3.05) is 0 Å². The molecule has 0 saturated heterocycles. The Morgan fingerprint density at radius 2 is 2.06 bits per heavy atom. The van der Waals surface area contributed by atoms with Crippen LogP contribution in [0.25, 0.3) is 0 Å². The van der Waals surface area contributed by atoms with E-state index in [1.165, 1.54) is 0 Å². The fraction of sp³-hybridized carbons (Fsp3) is 0.692. The molecular formula is C13H23NOS. The Hall–Kier alpha value is -0.410. The molecule has 2 nitrogen and oxygen atoms in total. The third-order valence-electron chi connectivity index (χ3n) is 2.98. The van der Waals surface area contributed by atoms with E-state index in [1.54, 1.807) is 6.26 Å². The lowest BCUT2D eigenvalue weighted by Gasteiger charge is -2.25. The van der Waals surface area contributed by atoms with E-state index in [4.69, 9.17) is 10.2 Å². The Balaban J connectivity index is 2.73. The van der Waals surface area contributed by atoms with Gasteiger partial charge in [0, 0.05) is 11.3 Å². The molecule has 1 aromatic heterocycles. The molecule has 3 atom stereocenters. The molecule has 3 heteroatoms. The topological polar surface area (TPSA) is 39.2 Å². The number of nitrogens with two attached hydrogens (primary N) is 1. The molecule has 2 N–H and O–H groups in total. The summed E-state index contributed by atoms with van der Waals surface area (Å²) in [5, 5.41) is 0.866. The van der Waals surface area contributed by atoms with Crippen LogP contribution in [0.4, 0.5) is 0 Å². The minimum absolute atomic E-state index is 0.164. The smallest absolute Gasteiger partial charge is 0.118 e. The molecule has 16 heavy (non-hydrogen) atoms. The van der Waals surface area contributed by atoms with E-state index in [9.17, 15) is 0 Å². The Morgan fingerprint density at radius 3 is 2.50 bits per heavy atom. The lowest BCUT2D eigenvalue weighted by atomic mass is 10.1. The van der Waals surface area contributed by atoms with Crippen molar-refractivity contribution >= 4 is 11.8 Å². The lowest BCUT2D eigenvalue weighted by molar-refractivity contribution is 0.472. The van der Waals surface area contributed by atoms with Crippen LogP contribution in [0.2, 0.25) is 0 Å². The molecule has 0 amide bonds. The van der Waals surface area contributed by atoms with Gasteiger partial charge in [0.1, 0.15) is 5.76 Å². The highest BCUT2D eigenvalue weighted by atomic mass is 32.2. The van der Waals surface area contributed by atoms with Crippen molar-refractivity contribution in [2.45, 2.75) is 50.7 Å². The Bertz CT molecular complexity index is 284. The van der Waals surface area contributed by atoms with Crippen LogP contribution in [-0.4, -0.2) is 11.3 Å². The largest absolute Gasteiger partial charge is 0.468 e. The zero-order chi connectivity index (χ0) is 12.1. The quantitative estimate of drug-likeness (QED) is 0.822. The second kappa shape index (κ2) is 6.36. The highest BCUT2D eigenvalue weighted by Gasteiger charge is 2.25. The minimum atomic E-state index is 0.164. The van der Waals surface area contributed by atoms with Gasteiger partial charge in [-0.25, -0.2) is 0 Å². The summed E-state index contributed by atoms with van der Waals surface area (Å²) in [5.74, 6) is 1.67. The first-order valence-corrected chi connectivity index (χ1v) is 6.95. The van der Waals surface area contributed by atoms with E-state index >= 15 is 0 Å². The van der Waals surface area contributed by atoms with Crippen molar-refractivity contribution in [2.24, 2.45) is 11.7 Å². The molecule has 0 aromatic carbocycles. The summed E-state index contributed by atoms with van der Waals surface area (Å²) in [6.45, 7) is 8.87. The predicted octanol–water partition coefficient (Wildman–Crippen LogP) is 3.84. The zero-order valence-corrected chi connectivity index (χ0v) is 11.5. The fourth-order valence-corrected chi connectivity index (χ4v) is 2.87. The summed E-state index contributed by atoms with van der Waals surface area (Å²) in [6.07, 6.45) is 2.70. The van der Waals surface area contributed by atoms with Gasteiger partial charge in [0.15, 0.2) is 0 Å². The highest BCUT2D eigenvalue weighted by Crippen LogP contribution is 2.37. The van der Waals surface area contributed by atoms with Gasteiger partial charge in [-0.1, -0.05) is 27.7 Å². The van der Waals surface area contributed by atoms with Gasteiger partial charge in [-0.15, -0.1) is 11.8 Å². The summed E-state index contributed by atoms with van der Waals surface area (Å²) in [4.78, 5) is 0. The molecule has 0 aliphatic rings. The summed E-state index contributed by atoms with van der Waals surface area (Å²) in [7, 11) is 0. The van der Waals surface area contributed by atoms with Crippen molar-refractivity contribution in [3.05, 3.63) is 24.2 Å². The Morgan fingerprint density at radius 1 is 1.38 bits per heavy atom. The molecule has 0 spiro atoms. The highest BCUT2D eigenvalue weighted by molar-refractivity contribution is 8.00. The summed E-state index contributed by atoms with van der Waals surface area (Å²) >= 11 is 1.92. The third kappa shape index (κ3) is 3.56. The SMILES string of the molecule is CCC(N)C(SC(C)C(C)C)c1ccco1. The number of thioether (sulfide) groups is 1.